The fourth-order valence-electron chi connectivity index (χ4n) is 1.51. The molecule has 1 heterocycles. The molecule has 0 aromatic carbocycles. The van der Waals surface area contributed by atoms with Gasteiger partial charge >= 0.3 is 0 Å². The molecule has 1 rings (SSSR count). The van der Waals surface area contributed by atoms with Crippen molar-refractivity contribution in [1.29, 1.82) is 0 Å². The maximum atomic E-state index is 11.4. The normalized spacial score (nSPS) is 10.1. The first-order valence-corrected chi connectivity index (χ1v) is 6.24. The van der Waals surface area contributed by atoms with E-state index in [1.54, 1.807) is 25.4 Å². The van der Waals surface area contributed by atoms with Crippen molar-refractivity contribution < 1.29 is 9.59 Å². The first-order chi connectivity index (χ1) is 9.02. The number of hydrogen-bond donors (Lipinski definition) is 3. The summed E-state index contributed by atoms with van der Waals surface area (Å²) >= 11 is 0. The van der Waals surface area contributed by atoms with Crippen LogP contribution in [0.3, 0.4) is 0 Å². The minimum Gasteiger partial charge on any atom is -0.384 e. The zero-order valence-electron chi connectivity index (χ0n) is 11.5. The fourth-order valence-corrected chi connectivity index (χ4v) is 1.51. The van der Waals surface area contributed by atoms with Crippen LogP contribution >= 0.6 is 0 Å². The molecule has 6 nitrogen and oxygen atoms in total. The summed E-state index contributed by atoms with van der Waals surface area (Å²) in [5.74, 6) is -0.232. The van der Waals surface area contributed by atoms with Gasteiger partial charge in [-0.2, -0.15) is 0 Å². The summed E-state index contributed by atoms with van der Waals surface area (Å²) in [6, 6.07) is 3.56. The lowest BCUT2D eigenvalue weighted by atomic mass is 10.3. The smallest absolute Gasteiger partial charge is 0.269 e. The molecule has 1 aromatic heterocycles. The number of anilines is 1. The second-order valence-corrected chi connectivity index (χ2v) is 4.41. The van der Waals surface area contributed by atoms with Crippen LogP contribution in [0, 0.1) is 0 Å². The van der Waals surface area contributed by atoms with Crippen LogP contribution in [0.1, 0.15) is 30.8 Å². The van der Waals surface area contributed by atoms with Crippen molar-refractivity contribution in [3.63, 3.8) is 0 Å². The Morgan fingerprint density at radius 3 is 2.74 bits per heavy atom. The van der Waals surface area contributed by atoms with Gasteiger partial charge in [-0.1, -0.05) is 0 Å². The number of amides is 2. The van der Waals surface area contributed by atoms with E-state index in [1.807, 2.05) is 13.8 Å². The monoisotopic (exact) mass is 264 g/mol. The summed E-state index contributed by atoms with van der Waals surface area (Å²) in [6.45, 7) is 4.35. The van der Waals surface area contributed by atoms with Gasteiger partial charge in [-0.25, -0.2) is 0 Å². The molecular formula is C13H20N4O2. The summed E-state index contributed by atoms with van der Waals surface area (Å²) in [4.78, 5) is 26.8. The van der Waals surface area contributed by atoms with Crippen LogP contribution in [0.4, 0.5) is 5.69 Å². The Hall–Kier alpha value is -2.11. The molecule has 1 aromatic rings. The predicted molar refractivity (Wildman–Crippen MR) is 74.0 cm³/mol. The molecule has 3 N–H and O–H groups in total. The maximum Gasteiger partial charge on any atom is 0.269 e. The lowest BCUT2D eigenvalue weighted by Gasteiger charge is -2.10. The quantitative estimate of drug-likeness (QED) is 0.708. The average Bonchev–Trinajstić information content (AvgIpc) is 2.37. The fraction of sp³-hybridized carbons (Fsp3) is 0.462. The summed E-state index contributed by atoms with van der Waals surface area (Å²) in [5.41, 5.74) is 1.12. The lowest BCUT2D eigenvalue weighted by molar-refractivity contribution is -0.121. The molecule has 0 saturated carbocycles. The molecule has 6 heteroatoms. The summed E-state index contributed by atoms with van der Waals surface area (Å²) in [5, 5.41) is 8.41. The second-order valence-electron chi connectivity index (χ2n) is 4.41. The van der Waals surface area contributed by atoms with Crippen molar-refractivity contribution in [3.05, 3.63) is 24.0 Å². The molecule has 0 radical (unpaired) electrons. The molecule has 2 amide bonds. The average molecular weight is 264 g/mol. The van der Waals surface area contributed by atoms with Gasteiger partial charge in [0.15, 0.2) is 0 Å². The van der Waals surface area contributed by atoms with Crippen molar-refractivity contribution >= 4 is 17.5 Å². The van der Waals surface area contributed by atoms with E-state index < -0.39 is 0 Å². The number of carbonyl (C=O) groups excluding carboxylic acids is 2. The highest BCUT2D eigenvalue weighted by Gasteiger charge is 2.06. The topological polar surface area (TPSA) is 83.1 Å². The third kappa shape index (κ3) is 5.37. The minimum absolute atomic E-state index is 0.00285. The molecule has 0 unspecified atom stereocenters. The molecular weight excluding hydrogens is 244 g/mol. The van der Waals surface area contributed by atoms with E-state index in [4.69, 9.17) is 0 Å². The summed E-state index contributed by atoms with van der Waals surface area (Å²) in [6.07, 6.45) is 1.94. The number of rotatable bonds is 6. The van der Waals surface area contributed by atoms with Gasteiger partial charge in [0.05, 0.1) is 0 Å². The Morgan fingerprint density at radius 1 is 1.37 bits per heavy atom. The largest absolute Gasteiger partial charge is 0.384 e. The first kappa shape index (κ1) is 14.9. The lowest BCUT2D eigenvalue weighted by Crippen LogP contribution is -2.31. The Kier molecular flexibility index (Phi) is 5.78. The molecule has 19 heavy (non-hydrogen) atoms. The number of pyridine rings is 1. The van der Waals surface area contributed by atoms with Gasteiger partial charge in [0.1, 0.15) is 5.69 Å². The van der Waals surface area contributed by atoms with Gasteiger partial charge in [0.2, 0.25) is 5.91 Å². The van der Waals surface area contributed by atoms with E-state index in [-0.39, 0.29) is 17.9 Å². The Morgan fingerprint density at radius 2 is 2.11 bits per heavy atom. The van der Waals surface area contributed by atoms with Crippen LogP contribution < -0.4 is 16.0 Å². The molecule has 0 atom stereocenters. The van der Waals surface area contributed by atoms with Gasteiger partial charge in [-0.05, 0) is 26.0 Å². The van der Waals surface area contributed by atoms with Crippen molar-refractivity contribution in [2.75, 3.05) is 18.9 Å². The molecule has 0 aliphatic heterocycles. The molecule has 0 fully saturated rings. The number of carbonyl (C=O) groups is 2. The van der Waals surface area contributed by atoms with Crippen molar-refractivity contribution in [2.45, 2.75) is 26.3 Å². The zero-order chi connectivity index (χ0) is 14.3. The zero-order valence-corrected chi connectivity index (χ0v) is 11.5. The number of nitrogens with one attached hydrogen (secondary N) is 3. The first-order valence-electron chi connectivity index (χ1n) is 6.24. The number of aromatic nitrogens is 1. The molecule has 0 aliphatic rings. The summed E-state index contributed by atoms with van der Waals surface area (Å²) in [7, 11) is 1.56. The standard InChI is InChI=1S/C13H20N4O2/c1-9(2)17-12(18)5-7-15-10-4-6-16-11(8-10)13(19)14-3/h4,6,8-9H,5,7H2,1-3H3,(H,14,19)(H,15,16)(H,17,18). The van der Waals surface area contributed by atoms with Gasteiger partial charge in [0, 0.05) is 37.9 Å². The highest BCUT2D eigenvalue weighted by Crippen LogP contribution is 2.07. The maximum absolute atomic E-state index is 11.4. The highest BCUT2D eigenvalue weighted by molar-refractivity contribution is 5.92. The van der Waals surface area contributed by atoms with Crippen LogP contribution in [0.5, 0.6) is 0 Å². The highest BCUT2D eigenvalue weighted by atomic mass is 16.2. The summed E-state index contributed by atoms with van der Waals surface area (Å²) < 4.78 is 0. The van der Waals surface area contributed by atoms with E-state index in [9.17, 15) is 9.59 Å². The molecule has 0 saturated heterocycles. The third-order valence-electron chi connectivity index (χ3n) is 2.35. The van der Waals surface area contributed by atoms with E-state index in [0.29, 0.717) is 18.7 Å². The van der Waals surface area contributed by atoms with Crippen LogP contribution in [-0.4, -0.2) is 36.4 Å². The number of hydrogen-bond acceptors (Lipinski definition) is 4. The Labute approximate surface area is 113 Å². The molecule has 0 aliphatic carbocycles. The second kappa shape index (κ2) is 7.35. The van der Waals surface area contributed by atoms with Gasteiger partial charge in [-0.15, -0.1) is 0 Å². The van der Waals surface area contributed by atoms with E-state index in [1.165, 1.54) is 0 Å². The molecule has 0 bridgehead atoms. The minimum atomic E-state index is -0.235. The molecule has 104 valence electrons. The Balaban J connectivity index is 2.45. The third-order valence-corrected chi connectivity index (χ3v) is 2.35. The van der Waals surface area contributed by atoms with Crippen molar-refractivity contribution in [2.24, 2.45) is 0 Å². The SMILES string of the molecule is CNC(=O)c1cc(NCCC(=O)NC(C)C)ccn1. The Bertz CT molecular complexity index is 446. The van der Waals surface area contributed by atoms with Crippen molar-refractivity contribution in [1.82, 2.24) is 15.6 Å². The predicted octanol–water partition coefficient (Wildman–Crippen LogP) is 0.768. The van der Waals surface area contributed by atoms with E-state index >= 15 is 0 Å². The van der Waals surface area contributed by atoms with Crippen molar-refractivity contribution in [3.8, 4) is 0 Å². The van der Waals surface area contributed by atoms with Crippen LogP contribution in [0.25, 0.3) is 0 Å². The van der Waals surface area contributed by atoms with Gasteiger partial charge in [-0.3, -0.25) is 14.6 Å². The van der Waals surface area contributed by atoms with Gasteiger partial charge in [0.25, 0.3) is 5.91 Å². The van der Waals surface area contributed by atoms with E-state index in [0.717, 1.165) is 5.69 Å². The van der Waals surface area contributed by atoms with Crippen LogP contribution in [0.15, 0.2) is 18.3 Å². The van der Waals surface area contributed by atoms with Crippen LogP contribution in [0.2, 0.25) is 0 Å². The van der Waals surface area contributed by atoms with Crippen LogP contribution in [-0.2, 0) is 4.79 Å². The number of nitrogens with zero attached hydrogens (tertiary/aromatic N) is 1. The molecule has 0 spiro atoms. The van der Waals surface area contributed by atoms with E-state index in [2.05, 4.69) is 20.9 Å². The van der Waals surface area contributed by atoms with Gasteiger partial charge < -0.3 is 16.0 Å².